The zero-order chi connectivity index (χ0) is 17.6. The molecule has 2 rings (SSSR count). The van der Waals surface area contributed by atoms with Gasteiger partial charge in [-0.15, -0.1) is 0 Å². The van der Waals surface area contributed by atoms with Gasteiger partial charge >= 0.3 is 0 Å². The van der Waals surface area contributed by atoms with Crippen molar-refractivity contribution in [1.82, 2.24) is 10.6 Å². The number of nitrogens with one attached hydrogen (secondary N) is 2. The third kappa shape index (κ3) is 4.89. The number of aliphatic hydroxyl groups is 1. The van der Waals surface area contributed by atoms with Gasteiger partial charge in [0.15, 0.2) is 5.96 Å². The van der Waals surface area contributed by atoms with Gasteiger partial charge in [-0.3, -0.25) is 0 Å². The monoisotopic (exact) mass is 333 g/mol. The highest BCUT2D eigenvalue weighted by Crippen LogP contribution is 2.27. The van der Waals surface area contributed by atoms with E-state index in [1.165, 1.54) is 0 Å². The minimum absolute atomic E-state index is 0.239. The molecule has 2 heterocycles. The van der Waals surface area contributed by atoms with Gasteiger partial charge < -0.3 is 24.6 Å². The maximum Gasteiger partial charge on any atom is 0.191 e. The maximum absolute atomic E-state index is 10.7. The first-order valence-electron chi connectivity index (χ1n) is 8.27. The van der Waals surface area contributed by atoms with Crippen LogP contribution >= 0.6 is 0 Å². The second kappa shape index (κ2) is 8.06. The Morgan fingerprint density at radius 1 is 1.33 bits per heavy atom. The lowest BCUT2D eigenvalue weighted by molar-refractivity contribution is 0.0657. The number of furan rings is 2. The van der Waals surface area contributed by atoms with Gasteiger partial charge in [0, 0.05) is 25.1 Å². The van der Waals surface area contributed by atoms with E-state index in [2.05, 4.69) is 15.6 Å². The molecule has 6 heteroatoms. The van der Waals surface area contributed by atoms with E-state index in [4.69, 9.17) is 8.83 Å². The average molecular weight is 333 g/mol. The van der Waals surface area contributed by atoms with E-state index in [0.29, 0.717) is 12.5 Å². The molecule has 132 valence electrons. The maximum atomic E-state index is 10.7. The van der Waals surface area contributed by atoms with Crippen LogP contribution in [-0.2, 0) is 12.0 Å². The van der Waals surface area contributed by atoms with Crippen molar-refractivity contribution in [2.45, 2.75) is 39.7 Å². The van der Waals surface area contributed by atoms with Crippen LogP contribution in [0.4, 0.5) is 0 Å². The second-order valence-corrected chi connectivity index (χ2v) is 6.05. The molecule has 0 aliphatic heterocycles. The fourth-order valence-corrected chi connectivity index (χ4v) is 2.58. The minimum atomic E-state index is -1.08. The van der Waals surface area contributed by atoms with E-state index in [9.17, 15) is 5.11 Å². The summed E-state index contributed by atoms with van der Waals surface area (Å²) < 4.78 is 10.8. The van der Waals surface area contributed by atoms with Crippen molar-refractivity contribution in [3.8, 4) is 0 Å². The molecule has 0 bridgehead atoms. The Morgan fingerprint density at radius 3 is 2.71 bits per heavy atom. The molecule has 0 aliphatic carbocycles. The Morgan fingerprint density at radius 2 is 2.12 bits per heavy atom. The van der Waals surface area contributed by atoms with Crippen molar-refractivity contribution in [3.63, 3.8) is 0 Å². The van der Waals surface area contributed by atoms with E-state index in [-0.39, 0.29) is 6.54 Å². The van der Waals surface area contributed by atoms with Crippen molar-refractivity contribution in [3.05, 3.63) is 47.3 Å². The molecule has 24 heavy (non-hydrogen) atoms. The molecule has 0 aromatic carbocycles. The highest BCUT2D eigenvalue weighted by molar-refractivity contribution is 5.79. The summed E-state index contributed by atoms with van der Waals surface area (Å²) in [5.74, 6) is 3.11. The van der Waals surface area contributed by atoms with Gasteiger partial charge in [-0.2, -0.15) is 0 Å². The van der Waals surface area contributed by atoms with Crippen LogP contribution < -0.4 is 10.6 Å². The van der Waals surface area contributed by atoms with Gasteiger partial charge in [0.25, 0.3) is 0 Å². The number of nitrogens with zero attached hydrogens (tertiary/aromatic N) is 1. The molecule has 0 aliphatic rings. The van der Waals surface area contributed by atoms with E-state index in [0.717, 1.165) is 35.8 Å². The Labute approximate surface area is 143 Å². The van der Waals surface area contributed by atoms with Crippen LogP contribution in [0, 0.1) is 13.8 Å². The lowest BCUT2D eigenvalue weighted by Crippen LogP contribution is -2.39. The molecule has 1 unspecified atom stereocenters. The number of hydrogen-bond donors (Lipinski definition) is 3. The lowest BCUT2D eigenvalue weighted by atomic mass is 9.96. The van der Waals surface area contributed by atoms with E-state index in [1.807, 2.05) is 39.0 Å². The normalized spacial score (nSPS) is 14.5. The highest BCUT2D eigenvalue weighted by Gasteiger charge is 2.27. The van der Waals surface area contributed by atoms with Gasteiger partial charge in [-0.25, -0.2) is 4.99 Å². The molecule has 0 saturated carbocycles. The third-order valence-corrected chi connectivity index (χ3v) is 3.75. The van der Waals surface area contributed by atoms with E-state index < -0.39 is 5.60 Å². The third-order valence-electron chi connectivity index (χ3n) is 3.75. The zero-order valence-corrected chi connectivity index (χ0v) is 14.8. The van der Waals surface area contributed by atoms with Crippen LogP contribution in [0.2, 0.25) is 0 Å². The summed E-state index contributed by atoms with van der Waals surface area (Å²) in [6.07, 6.45) is 2.44. The summed E-state index contributed by atoms with van der Waals surface area (Å²) in [7, 11) is 0. The van der Waals surface area contributed by atoms with Gasteiger partial charge in [0.05, 0.1) is 12.8 Å². The van der Waals surface area contributed by atoms with Crippen LogP contribution in [0.5, 0.6) is 0 Å². The van der Waals surface area contributed by atoms with Crippen LogP contribution in [0.3, 0.4) is 0 Å². The van der Waals surface area contributed by atoms with Gasteiger partial charge in [0.2, 0.25) is 0 Å². The topological polar surface area (TPSA) is 82.9 Å². The summed E-state index contributed by atoms with van der Waals surface area (Å²) in [6.45, 7) is 9.17. The van der Waals surface area contributed by atoms with Crippen molar-refractivity contribution >= 4 is 5.96 Å². The highest BCUT2D eigenvalue weighted by atomic mass is 16.3. The fourth-order valence-electron chi connectivity index (χ4n) is 2.58. The average Bonchev–Trinajstić information content (AvgIpc) is 3.14. The van der Waals surface area contributed by atoms with Crippen molar-refractivity contribution in [1.29, 1.82) is 0 Å². The van der Waals surface area contributed by atoms with Crippen LogP contribution in [-0.4, -0.2) is 30.7 Å². The summed E-state index contributed by atoms with van der Waals surface area (Å²) in [5, 5.41) is 17.2. The Bertz CT molecular complexity index is 657. The molecular weight excluding hydrogens is 306 g/mol. The second-order valence-electron chi connectivity index (χ2n) is 6.05. The molecular formula is C18H27N3O3. The molecule has 1 atom stereocenters. The Hall–Kier alpha value is -2.21. The van der Waals surface area contributed by atoms with Crippen LogP contribution in [0.25, 0.3) is 0 Å². The quantitative estimate of drug-likeness (QED) is 0.536. The number of rotatable bonds is 7. The molecule has 3 N–H and O–H groups in total. The van der Waals surface area contributed by atoms with Crippen LogP contribution in [0.1, 0.15) is 36.7 Å². The van der Waals surface area contributed by atoms with Gasteiger partial charge in [-0.1, -0.05) is 0 Å². The first-order chi connectivity index (χ1) is 11.4. The molecule has 0 spiro atoms. The number of aliphatic imine (C=N–C) groups is 1. The van der Waals surface area contributed by atoms with Crippen LogP contribution in [0.15, 0.2) is 38.3 Å². The molecule has 2 aromatic heterocycles. The smallest absolute Gasteiger partial charge is 0.191 e. The molecule has 0 fully saturated rings. The fraction of sp³-hybridized carbons (Fsp3) is 0.500. The summed E-state index contributed by atoms with van der Waals surface area (Å²) >= 11 is 0. The zero-order valence-electron chi connectivity index (χ0n) is 14.8. The number of guanidine groups is 1. The van der Waals surface area contributed by atoms with Gasteiger partial charge in [-0.05, 0) is 45.9 Å². The summed E-state index contributed by atoms with van der Waals surface area (Å²) in [5.41, 5.74) is -0.305. The van der Waals surface area contributed by atoms with E-state index >= 15 is 0 Å². The van der Waals surface area contributed by atoms with Crippen molar-refractivity contribution < 1.29 is 13.9 Å². The molecule has 0 saturated heterocycles. The van der Waals surface area contributed by atoms with Crippen molar-refractivity contribution in [2.75, 3.05) is 19.6 Å². The largest absolute Gasteiger partial charge is 0.469 e. The molecule has 2 aromatic rings. The summed E-state index contributed by atoms with van der Waals surface area (Å²) in [4.78, 5) is 4.50. The Balaban J connectivity index is 1.97. The first kappa shape index (κ1) is 18.1. The van der Waals surface area contributed by atoms with Crippen molar-refractivity contribution in [2.24, 2.45) is 4.99 Å². The predicted octanol–water partition coefficient (Wildman–Crippen LogP) is 2.49. The first-order valence-corrected chi connectivity index (χ1v) is 8.27. The number of aryl methyl sites for hydroxylation is 2. The number of hydrogen-bond acceptors (Lipinski definition) is 4. The summed E-state index contributed by atoms with van der Waals surface area (Å²) in [6, 6.07) is 5.68. The lowest BCUT2D eigenvalue weighted by Gasteiger charge is -2.21. The molecule has 0 amide bonds. The SMILES string of the molecule is CCNC(=NCC(C)(O)c1cc(C)oc1C)NCCc1ccco1. The Kier molecular flexibility index (Phi) is 6.09. The standard InChI is InChI=1S/C18H27N3O3/c1-5-19-17(20-9-8-15-7-6-10-23-15)21-12-18(4,22)16-11-13(2)24-14(16)3/h6-7,10-11,22H,5,8-9,12H2,1-4H3,(H2,19,20,21). The molecule has 0 radical (unpaired) electrons. The minimum Gasteiger partial charge on any atom is -0.469 e. The van der Waals surface area contributed by atoms with E-state index in [1.54, 1.807) is 13.2 Å². The predicted molar refractivity (Wildman–Crippen MR) is 94.1 cm³/mol. The molecule has 6 nitrogen and oxygen atoms in total. The van der Waals surface area contributed by atoms with Gasteiger partial charge in [0.1, 0.15) is 22.9 Å².